The molecule has 0 aliphatic rings. The number of nitrogens with two attached hydrogens (primary N) is 1. The van der Waals surface area contributed by atoms with Gasteiger partial charge in [-0.25, -0.2) is 9.18 Å². The van der Waals surface area contributed by atoms with Gasteiger partial charge in [0.1, 0.15) is 12.4 Å². The molecule has 0 spiro atoms. The van der Waals surface area contributed by atoms with E-state index >= 15 is 0 Å². The van der Waals surface area contributed by atoms with Crippen LogP contribution in [0.5, 0.6) is 0 Å². The minimum absolute atomic E-state index is 0.0713. The van der Waals surface area contributed by atoms with Gasteiger partial charge in [-0.15, -0.1) is 0 Å². The van der Waals surface area contributed by atoms with Crippen LogP contribution in [0.3, 0.4) is 0 Å². The molecule has 1 aromatic carbocycles. The zero-order chi connectivity index (χ0) is 12.8. The smallest absolute Gasteiger partial charge is 0.341 e. The minimum Gasteiger partial charge on any atom is -0.460 e. The van der Waals surface area contributed by atoms with Crippen molar-refractivity contribution in [3.63, 3.8) is 0 Å². The lowest BCUT2D eigenvalue weighted by Gasteiger charge is -2.08. The predicted octanol–water partition coefficient (Wildman–Crippen LogP) is 1.99. The van der Waals surface area contributed by atoms with E-state index in [-0.39, 0.29) is 24.0 Å². The Morgan fingerprint density at radius 1 is 1.41 bits per heavy atom. The number of ether oxygens (including phenoxy) is 2. The first-order valence-corrected chi connectivity index (χ1v) is 5.34. The first kappa shape index (κ1) is 13.4. The highest BCUT2D eigenvalue weighted by atomic mass is 19.1. The van der Waals surface area contributed by atoms with Crippen molar-refractivity contribution in [2.45, 2.75) is 20.0 Å². The predicted molar refractivity (Wildman–Crippen MR) is 62.2 cm³/mol. The summed E-state index contributed by atoms with van der Waals surface area (Å²) in [4.78, 5) is 11.5. The molecule has 1 aromatic rings. The van der Waals surface area contributed by atoms with Crippen molar-refractivity contribution in [2.24, 2.45) is 0 Å². The van der Waals surface area contributed by atoms with E-state index in [2.05, 4.69) is 0 Å². The van der Waals surface area contributed by atoms with Crippen LogP contribution in [0.2, 0.25) is 0 Å². The summed E-state index contributed by atoms with van der Waals surface area (Å²) in [5.41, 5.74) is 5.51. The number of esters is 1. The second-order valence-electron chi connectivity index (χ2n) is 3.79. The van der Waals surface area contributed by atoms with Gasteiger partial charge in [0, 0.05) is 5.69 Å². The summed E-state index contributed by atoms with van der Waals surface area (Å²) in [5, 5.41) is 0. The molecule has 0 aliphatic carbocycles. The molecule has 94 valence electrons. The van der Waals surface area contributed by atoms with Crippen molar-refractivity contribution < 1.29 is 18.7 Å². The van der Waals surface area contributed by atoms with Crippen LogP contribution < -0.4 is 5.73 Å². The topological polar surface area (TPSA) is 61.5 Å². The third kappa shape index (κ3) is 4.40. The molecule has 0 saturated heterocycles. The molecule has 1 rings (SSSR count). The maximum atomic E-state index is 13.3. The Morgan fingerprint density at radius 3 is 2.71 bits per heavy atom. The van der Waals surface area contributed by atoms with Gasteiger partial charge in [0.05, 0.1) is 18.3 Å². The molecule has 0 radical (unpaired) electrons. The third-order valence-corrected chi connectivity index (χ3v) is 1.98. The van der Waals surface area contributed by atoms with E-state index in [0.717, 1.165) is 6.07 Å². The van der Waals surface area contributed by atoms with Crippen LogP contribution in [-0.4, -0.2) is 25.3 Å². The highest BCUT2D eigenvalue weighted by molar-refractivity contribution is 5.90. The summed E-state index contributed by atoms with van der Waals surface area (Å²) < 4.78 is 23.4. The third-order valence-electron chi connectivity index (χ3n) is 1.98. The number of halogens is 1. The van der Waals surface area contributed by atoms with Crippen LogP contribution >= 0.6 is 0 Å². The van der Waals surface area contributed by atoms with Gasteiger partial charge in [0.25, 0.3) is 0 Å². The van der Waals surface area contributed by atoms with Crippen LogP contribution in [0.1, 0.15) is 24.2 Å². The minimum atomic E-state index is -0.713. The Morgan fingerprint density at radius 2 is 2.12 bits per heavy atom. The highest BCUT2D eigenvalue weighted by Crippen LogP contribution is 2.12. The van der Waals surface area contributed by atoms with Gasteiger partial charge < -0.3 is 15.2 Å². The van der Waals surface area contributed by atoms with Crippen molar-refractivity contribution >= 4 is 11.7 Å². The number of nitrogen functional groups attached to an aromatic ring is 1. The van der Waals surface area contributed by atoms with Crippen molar-refractivity contribution in [3.8, 4) is 0 Å². The maximum Gasteiger partial charge on any atom is 0.341 e. The normalized spacial score (nSPS) is 10.6. The lowest BCUT2D eigenvalue weighted by atomic mass is 10.2. The van der Waals surface area contributed by atoms with E-state index in [0.29, 0.717) is 6.61 Å². The molecule has 4 nitrogen and oxygen atoms in total. The molecule has 0 amide bonds. The summed E-state index contributed by atoms with van der Waals surface area (Å²) in [6, 6.07) is 3.84. The molecule has 0 fully saturated rings. The second kappa shape index (κ2) is 6.20. The maximum absolute atomic E-state index is 13.3. The van der Waals surface area contributed by atoms with Gasteiger partial charge in [-0.05, 0) is 32.0 Å². The van der Waals surface area contributed by atoms with Crippen molar-refractivity contribution in [1.29, 1.82) is 0 Å². The van der Waals surface area contributed by atoms with E-state index < -0.39 is 11.8 Å². The molecule has 0 bridgehead atoms. The first-order valence-electron chi connectivity index (χ1n) is 5.34. The quantitative estimate of drug-likeness (QED) is 0.486. The molecule has 0 aromatic heterocycles. The number of anilines is 1. The second-order valence-corrected chi connectivity index (χ2v) is 3.79. The summed E-state index contributed by atoms with van der Waals surface area (Å²) in [6.07, 6.45) is 0.0713. The molecule has 0 saturated carbocycles. The SMILES string of the molecule is CC(C)OCCOC(=O)c1ccc(N)cc1F. The van der Waals surface area contributed by atoms with E-state index in [1.54, 1.807) is 0 Å². The van der Waals surface area contributed by atoms with Crippen LogP contribution in [0.25, 0.3) is 0 Å². The molecule has 0 unspecified atom stereocenters. The molecular formula is C12H16FNO3. The lowest BCUT2D eigenvalue weighted by Crippen LogP contribution is -2.14. The Kier molecular flexibility index (Phi) is 4.90. The standard InChI is InChI=1S/C12H16FNO3/c1-8(2)16-5-6-17-12(15)10-4-3-9(14)7-11(10)13/h3-4,7-8H,5-6,14H2,1-2H3. The molecular weight excluding hydrogens is 225 g/mol. The average molecular weight is 241 g/mol. The van der Waals surface area contributed by atoms with Gasteiger partial charge in [-0.1, -0.05) is 0 Å². The lowest BCUT2D eigenvalue weighted by molar-refractivity contribution is 0.0173. The Balaban J connectivity index is 2.47. The monoisotopic (exact) mass is 241 g/mol. The van der Waals surface area contributed by atoms with Crippen LogP contribution in [-0.2, 0) is 9.47 Å². The fourth-order valence-electron chi connectivity index (χ4n) is 1.19. The average Bonchev–Trinajstić information content (AvgIpc) is 2.23. The largest absolute Gasteiger partial charge is 0.460 e. The van der Waals surface area contributed by atoms with Gasteiger partial charge >= 0.3 is 5.97 Å². The van der Waals surface area contributed by atoms with Crippen LogP contribution in [0, 0.1) is 5.82 Å². The molecule has 0 atom stereocenters. The fourth-order valence-corrected chi connectivity index (χ4v) is 1.19. The fraction of sp³-hybridized carbons (Fsp3) is 0.417. The number of hydrogen-bond acceptors (Lipinski definition) is 4. The van der Waals surface area contributed by atoms with E-state index in [1.165, 1.54) is 12.1 Å². The first-order chi connectivity index (χ1) is 8.00. The highest BCUT2D eigenvalue weighted by Gasteiger charge is 2.12. The number of hydrogen-bond donors (Lipinski definition) is 1. The van der Waals surface area contributed by atoms with Crippen molar-refractivity contribution in [1.82, 2.24) is 0 Å². The Bertz CT molecular complexity index is 393. The zero-order valence-electron chi connectivity index (χ0n) is 9.90. The Hall–Kier alpha value is -1.62. The molecule has 5 heteroatoms. The molecule has 0 heterocycles. The number of rotatable bonds is 5. The summed E-state index contributed by atoms with van der Waals surface area (Å²) in [7, 11) is 0. The molecule has 2 N–H and O–H groups in total. The number of carbonyl (C=O) groups is 1. The van der Waals surface area contributed by atoms with E-state index in [1.807, 2.05) is 13.8 Å². The summed E-state index contributed by atoms with van der Waals surface area (Å²) in [5.74, 6) is -1.39. The van der Waals surface area contributed by atoms with E-state index in [4.69, 9.17) is 15.2 Å². The van der Waals surface area contributed by atoms with E-state index in [9.17, 15) is 9.18 Å². The van der Waals surface area contributed by atoms with Crippen molar-refractivity contribution in [2.75, 3.05) is 18.9 Å². The summed E-state index contributed by atoms with van der Waals surface area (Å²) >= 11 is 0. The van der Waals surface area contributed by atoms with Gasteiger partial charge in [0.15, 0.2) is 0 Å². The summed E-state index contributed by atoms with van der Waals surface area (Å²) in [6.45, 7) is 4.14. The molecule has 0 aliphatic heterocycles. The van der Waals surface area contributed by atoms with Gasteiger partial charge in [0.2, 0.25) is 0 Å². The Labute approximate surface area is 99.5 Å². The number of benzene rings is 1. The molecule has 17 heavy (non-hydrogen) atoms. The van der Waals surface area contributed by atoms with Crippen LogP contribution in [0.15, 0.2) is 18.2 Å². The zero-order valence-corrected chi connectivity index (χ0v) is 9.90. The van der Waals surface area contributed by atoms with Crippen LogP contribution in [0.4, 0.5) is 10.1 Å². The van der Waals surface area contributed by atoms with Crippen molar-refractivity contribution in [3.05, 3.63) is 29.6 Å². The number of carbonyl (C=O) groups excluding carboxylic acids is 1. The van der Waals surface area contributed by atoms with Gasteiger partial charge in [-0.3, -0.25) is 0 Å². The van der Waals surface area contributed by atoms with Gasteiger partial charge in [-0.2, -0.15) is 0 Å².